The normalized spacial score (nSPS) is 18.1. The van der Waals surface area contributed by atoms with Crippen molar-refractivity contribution in [1.29, 1.82) is 0 Å². The summed E-state index contributed by atoms with van der Waals surface area (Å²) in [5.41, 5.74) is 4.63. The number of hydrogen-bond acceptors (Lipinski definition) is 5. The zero-order valence-corrected chi connectivity index (χ0v) is 19.0. The van der Waals surface area contributed by atoms with Gasteiger partial charge < -0.3 is 15.2 Å². The number of fused-ring (bicyclic) bond motifs is 3. The molecule has 1 aromatic heterocycles. The maximum atomic E-state index is 12.8. The van der Waals surface area contributed by atoms with Gasteiger partial charge in [0.05, 0.1) is 12.1 Å². The molecule has 2 aromatic carbocycles. The summed E-state index contributed by atoms with van der Waals surface area (Å²) in [6.07, 6.45) is 4.15. The van der Waals surface area contributed by atoms with Crippen LogP contribution in [0.15, 0.2) is 66.9 Å². The van der Waals surface area contributed by atoms with E-state index in [2.05, 4.69) is 27.9 Å². The molecule has 3 N–H and O–H groups in total. The minimum Gasteiger partial charge on any atom is -0.481 e. The van der Waals surface area contributed by atoms with Crippen LogP contribution >= 0.6 is 0 Å². The summed E-state index contributed by atoms with van der Waals surface area (Å²) in [7, 11) is 1.60. The van der Waals surface area contributed by atoms with Crippen LogP contribution in [0.3, 0.4) is 0 Å². The van der Waals surface area contributed by atoms with Crippen molar-refractivity contribution < 1.29 is 24.2 Å². The van der Waals surface area contributed by atoms with Gasteiger partial charge in [-0.1, -0.05) is 60.7 Å². The van der Waals surface area contributed by atoms with Gasteiger partial charge in [-0.25, -0.2) is 4.79 Å². The monoisotopic (exact) mass is 472 g/mol. The Kier molecular flexibility index (Phi) is 5.82. The Morgan fingerprint density at radius 3 is 2.34 bits per heavy atom. The number of aromatic nitrogens is 2. The number of amides is 2. The van der Waals surface area contributed by atoms with Crippen molar-refractivity contribution in [3.05, 3.63) is 83.6 Å². The van der Waals surface area contributed by atoms with E-state index in [4.69, 9.17) is 9.84 Å². The first-order chi connectivity index (χ1) is 16.9. The number of aliphatic carboxylic acids is 1. The highest BCUT2D eigenvalue weighted by Crippen LogP contribution is 2.44. The van der Waals surface area contributed by atoms with E-state index in [1.165, 1.54) is 10.9 Å². The molecule has 9 heteroatoms. The lowest BCUT2D eigenvalue weighted by atomic mass is 9.98. The molecule has 0 saturated carbocycles. The number of ether oxygens (including phenoxy) is 1. The topological polar surface area (TPSA) is 123 Å². The van der Waals surface area contributed by atoms with Crippen molar-refractivity contribution in [1.82, 2.24) is 15.1 Å². The highest BCUT2D eigenvalue weighted by atomic mass is 16.5. The van der Waals surface area contributed by atoms with Gasteiger partial charge in [-0.15, -0.1) is 0 Å². The van der Waals surface area contributed by atoms with Crippen molar-refractivity contribution in [2.24, 2.45) is 13.0 Å². The number of benzene rings is 2. The standard InChI is InChI=1S/C26H24N4O5/c1-30-23(21(13-27-30)24(31)28-16-11-10-15(12-16)25(32)33)29-26(34)35-14-22-19-8-4-2-6-17(19)18-7-3-5-9-20(18)22/h2-11,13,15-16,22H,12,14H2,1H3,(H,28,31)(H,29,34)(H,32,33). The Hall–Kier alpha value is -4.40. The molecule has 9 nitrogen and oxygen atoms in total. The third kappa shape index (κ3) is 4.28. The summed E-state index contributed by atoms with van der Waals surface area (Å²) in [4.78, 5) is 36.6. The van der Waals surface area contributed by atoms with Gasteiger partial charge in [-0.2, -0.15) is 5.10 Å². The van der Waals surface area contributed by atoms with Crippen molar-refractivity contribution in [3.63, 3.8) is 0 Å². The van der Waals surface area contributed by atoms with Crippen LogP contribution in [0.2, 0.25) is 0 Å². The smallest absolute Gasteiger partial charge is 0.412 e. The molecule has 2 unspecified atom stereocenters. The lowest BCUT2D eigenvalue weighted by Crippen LogP contribution is -2.34. The number of rotatable bonds is 6. The zero-order chi connectivity index (χ0) is 24.5. The van der Waals surface area contributed by atoms with Crippen LogP contribution in [0.4, 0.5) is 10.6 Å². The molecule has 0 spiro atoms. The summed E-state index contributed by atoms with van der Waals surface area (Å²) >= 11 is 0. The zero-order valence-electron chi connectivity index (χ0n) is 19.0. The summed E-state index contributed by atoms with van der Waals surface area (Å²) in [5, 5.41) is 18.6. The van der Waals surface area contributed by atoms with E-state index in [1.807, 2.05) is 36.4 Å². The molecule has 1 heterocycles. The second-order valence-electron chi connectivity index (χ2n) is 8.63. The van der Waals surface area contributed by atoms with E-state index >= 15 is 0 Å². The molecule has 35 heavy (non-hydrogen) atoms. The maximum Gasteiger partial charge on any atom is 0.412 e. The fourth-order valence-electron chi connectivity index (χ4n) is 4.72. The van der Waals surface area contributed by atoms with Crippen molar-refractivity contribution in [3.8, 4) is 11.1 Å². The molecule has 2 aliphatic carbocycles. The molecule has 0 saturated heterocycles. The Morgan fingerprint density at radius 1 is 1.06 bits per heavy atom. The van der Waals surface area contributed by atoms with Gasteiger partial charge in [0, 0.05) is 19.0 Å². The first-order valence-corrected chi connectivity index (χ1v) is 11.3. The first-order valence-electron chi connectivity index (χ1n) is 11.3. The minimum atomic E-state index is -0.933. The second kappa shape index (κ2) is 9.09. The van der Waals surface area contributed by atoms with Crippen molar-refractivity contribution >= 4 is 23.8 Å². The number of hydrogen-bond donors (Lipinski definition) is 3. The quantitative estimate of drug-likeness (QED) is 0.472. The average molecular weight is 473 g/mol. The van der Waals surface area contributed by atoms with E-state index in [-0.39, 0.29) is 30.3 Å². The van der Waals surface area contributed by atoms with Crippen LogP contribution in [0.25, 0.3) is 11.1 Å². The van der Waals surface area contributed by atoms with Crippen molar-refractivity contribution in [2.75, 3.05) is 11.9 Å². The number of carboxylic acids is 1. The lowest BCUT2D eigenvalue weighted by molar-refractivity contribution is -0.140. The van der Waals surface area contributed by atoms with E-state index in [9.17, 15) is 14.4 Å². The van der Waals surface area contributed by atoms with E-state index in [1.54, 1.807) is 19.2 Å². The molecule has 0 aliphatic heterocycles. The number of nitrogens with zero attached hydrogens (tertiary/aromatic N) is 2. The van der Waals surface area contributed by atoms with E-state index in [0.29, 0.717) is 0 Å². The molecule has 5 rings (SSSR count). The molecule has 2 amide bonds. The number of aryl methyl sites for hydroxylation is 1. The first kappa shape index (κ1) is 22.4. The number of carbonyl (C=O) groups is 3. The number of carbonyl (C=O) groups excluding carboxylic acids is 2. The summed E-state index contributed by atoms with van der Waals surface area (Å²) in [6.45, 7) is 0.142. The molecule has 3 aromatic rings. The maximum absolute atomic E-state index is 12.8. The summed E-state index contributed by atoms with van der Waals surface area (Å²) < 4.78 is 6.95. The van der Waals surface area contributed by atoms with E-state index in [0.717, 1.165) is 22.3 Å². The fraction of sp³-hybridized carbons (Fsp3) is 0.231. The Bertz CT molecular complexity index is 1300. The number of nitrogens with one attached hydrogen (secondary N) is 2. The molecule has 2 atom stereocenters. The number of carboxylic acid groups (broad SMARTS) is 1. The van der Waals surface area contributed by atoms with Crippen LogP contribution in [0, 0.1) is 5.92 Å². The highest BCUT2D eigenvalue weighted by Gasteiger charge is 2.30. The molecule has 2 aliphatic rings. The van der Waals surface area contributed by atoms with Gasteiger partial charge in [0.1, 0.15) is 18.0 Å². The molecular weight excluding hydrogens is 448 g/mol. The fourth-order valence-corrected chi connectivity index (χ4v) is 4.72. The molecule has 0 bridgehead atoms. The molecular formula is C26H24N4O5. The predicted molar refractivity (Wildman–Crippen MR) is 128 cm³/mol. The van der Waals surface area contributed by atoms with E-state index < -0.39 is 29.9 Å². The molecule has 0 radical (unpaired) electrons. The van der Waals surface area contributed by atoms with Crippen LogP contribution in [-0.4, -0.2) is 45.5 Å². The third-order valence-electron chi connectivity index (χ3n) is 6.46. The molecule has 0 fully saturated rings. The summed E-state index contributed by atoms with van der Waals surface area (Å²) in [5.74, 6) is -1.92. The third-order valence-corrected chi connectivity index (χ3v) is 6.46. The number of anilines is 1. The van der Waals surface area contributed by atoms with Gasteiger partial charge in [-0.05, 0) is 28.7 Å². The largest absolute Gasteiger partial charge is 0.481 e. The van der Waals surface area contributed by atoms with Crippen LogP contribution in [-0.2, 0) is 16.6 Å². The summed E-state index contributed by atoms with van der Waals surface area (Å²) in [6, 6.07) is 15.7. The van der Waals surface area contributed by atoms with Gasteiger partial charge in [0.25, 0.3) is 5.91 Å². The SMILES string of the molecule is Cn1ncc(C(=O)NC2C=CC(C(=O)O)C2)c1NC(=O)OCC1c2ccccc2-c2ccccc21. The lowest BCUT2D eigenvalue weighted by Gasteiger charge is -2.15. The van der Waals surface area contributed by atoms with Crippen molar-refractivity contribution in [2.45, 2.75) is 18.4 Å². The predicted octanol–water partition coefficient (Wildman–Crippen LogP) is 3.54. The van der Waals surface area contributed by atoms with Gasteiger partial charge in [0.15, 0.2) is 0 Å². The Morgan fingerprint density at radius 2 is 1.71 bits per heavy atom. The Labute approximate surface area is 201 Å². The second-order valence-corrected chi connectivity index (χ2v) is 8.63. The van der Waals surface area contributed by atoms with Crippen LogP contribution in [0.5, 0.6) is 0 Å². The Balaban J connectivity index is 1.25. The van der Waals surface area contributed by atoms with Gasteiger partial charge in [0.2, 0.25) is 0 Å². The van der Waals surface area contributed by atoms with Gasteiger partial charge >= 0.3 is 12.1 Å². The van der Waals surface area contributed by atoms with Gasteiger partial charge in [-0.3, -0.25) is 19.6 Å². The molecule has 178 valence electrons. The van der Waals surface area contributed by atoms with Crippen LogP contribution in [0.1, 0.15) is 33.8 Å². The van der Waals surface area contributed by atoms with Crippen LogP contribution < -0.4 is 10.6 Å². The highest BCUT2D eigenvalue weighted by molar-refractivity contribution is 6.01. The average Bonchev–Trinajstić information content (AvgIpc) is 3.54. The minimum absolute atomic E-state index is 0.0845.